The van der Waals surface area contributed by atoms with Gasteiger partial charge in [0.15, 0.2) is 0 Å². The molecule has 0 saturated heterocycles. The fourth-order valence-corrected chi connectivity index (χ4v) is 2.73. The number of methoxy groups -OCH3 is 1. The van der Waals surface area contributed by atoms with Crippen molar-refractivity contribution in [3.63, 3.8) is 0 Å². The average molecular weight is 263 g/mol. The lowest BCUT2D eigenvalue weighted by Crippen LogP contribution is -2.27. The maximum absolute atomic E-state index is 11.5. The number of carbonyl (C=O) groups is 1. The molecule has 100 valence electrons. The van der Waals surface area contributed by atoms with Crippen molar-refractivity contribution in [2.75, 3.05) is 19.4 Å². The molecule has 6 heteroatoms. The van der Waals surface area contributed by atoms with Gasteiger partial charge in [-0.25, -0.2) is 13.1 Å². The Morgan fingerprint density at radius 3 is 2.65 bits per heavy atom. The van der Waals surface area contributed by atoms with E-state index in [1.54, 1.807) is 0 Å². The van der Waals surface area contributed by atoms with Gasteiger partial charge in [0.2, 0.25) is 10.0 Å². The molecule has 0 spiro atoms. The summed E-state index contributed by atoms with van der Waals surface area (Å²) in [5.41, 5.74) is 0. The Labute approximate surface area is 103 Å². The highest BCUT2D eigenvalue weighted by atomic mass is 32.2. The largest absolute Gasteiger partial charge is 0.469 e. The van der Waals surface area contributed by atoms with Gasteiger partial charge in [0.25, 0.3) is 0 Å². The number of ether oxygens (including phenoxy) is 1. The monoisotopic (exact) mass is 263 g/mol. The molecule has 1 aliphatic rings. The lowest BCUT2D eigenvalue weighted by molar-refractivity contribution is -0.140. The molecule has 0 aliphatic heterocycles. The smallest absolute Gasteiger partial charge is 0.305 e. The summed E-state index contributed by atoms with van der Waals surface area (Å²) in [6.45, 7) is 0.511. The average Bonchev–Trinajstić information content (AvgIpc) is 3.08. The number of esters is 1. The van der Waals surface area contributed by atoms with Crippen LogP contribution < -0.4 is 4.72 Å². The fraction of sp³-hybridized carbons (Fsp3) is 0.909. The van der Waals surface area contributed by atoms with Crippen LogP contribution in [-0.2, 0) is 19.6 Å². The van der Waals surface area contributed by atoms with Gasteiger partial charge in [-0.05, 0) is 25.2 Å². The van der Waals surface area contributed by atoms with Gasteiger partial charge in [-0.15, -0.1) is 0 Å². The SMILES string of the molecule is COC(=O)CCCS(=O)(=O)NCCCC1CC1. The molecule has 1 saturated carbocycles. The van der Waals surface area contributed by atoms with Crippen LogP contribution in [0.2, 0.25) is 0 Å². The van der Waals surface area contributed by atoms with Crippen molar-refractivity contribution in [2.45, 2.75) is 38.5 Å². The highest BCUT2D eigenvalue weighted by Gasteiger charge is 2.20. The third-order valence-electron chi connectivity index (χ3n) is 2.83. The van der Waals surface area contributed by atoms with E-state index in [1.807, 2.05) is 0 Å². The van der Waals surface area contributed by atoms with Crippen molar-refractivity contribution in [1.29, 1.82) is 0 Å². The van der Waals surface area contributed by atoms with Gasteiger partial charge < -0.3 is 4.74 Å². The van der Waals surface area contributed by atoms with E-state index < -0.39 is 10.0 Å². The molecular formula is C11H21NO4S. The number of sulfonamides is 1. The minimum absolute atomic E-state index is 0.00840. The van der Waals surface area contributed by atoms with Crippen LogP contribution >= 0.6 is 0 Å². The van der Waals surface area contributed by atoms with Crippen molar-refractivity contribution in [3.8, 4) is 0 Å². The predicted molar refractivity (Wildman–Crippen MR) is 65.0 cm³/mol. The first-order valence-electron chi connectivity index (χ1n) is 6.07. The predicted octanol–water partition coefficient (Wildman–Crippen LogP) is 1.05. The van der Waals surface area contributed by atoms with Gasteiger partial charge in [-0.2, -0.15) is 0 Å². The summed E-state index contributed by atoms with van der Waals surface area (Å²) in [7, 11) is -1.92. The van der Waals surface area contributed by atoms with Crippen molar-refractivity contribution in [3.05, 3.63) is 0 Å². The second-order valence-corrected chi connectivity index (χ2v) is 6.40. The maximum atomic E-state index is 11.5. The van der Waals surface area contributed by atoms with E-state index in [2.05, 4.69) is 9.46 Å². The lowest BCUT2D eigenvalue weighted by atomic mass is 10.2. The Balaban J connectivity index is 2.05. The number of rotatable bonds is 9. The minimum atomic E-state index is -3.22. The summed E-state index contributed by atoms with van der Waals surface area (Å²) in [5, 5.41) is 0. The van der Waals surface area contributed by atoms with Gasteiger partial charge in [-0.1, -0.05) is 12.8 Å². The molecule has 0 bridgehead atoms. The quantitative estimate of drug-likeness (QED) is 0.498. The third-order valence-corrected chi connectivity index (χ3v) is 4.30. The van der Waals surface area contributed by atoms with E-state index in [0.29, 0.717) is 13.0 Å². The lowest BCUT2D eigenvalue weighted by Gasteiger charge is -2.05. The zero-order valence-corrected chi connectivity index (χ0v) is 11.1. The van der Waals surface area contributed by atoms with Crippen LogP contribution in [-0.4, -0.2) is 33.8 Å². The van der Waals surface area contributed by atoms with E-state index in [4.69, 9.17) is 0 Å². The van der Waals surface area contributed by atoms with Crippen molar-refractivity contribution in [1.82, 2.24) is 4.72 Å². The zero-order valence-electron chi connectivity index (χ0n) is 10.3. The van der Waals surface area contributed by atoms with Gasteiger partial charge in [0, 0.05) is 13.0 Å². The van der Waals surface area contributed by atoms with Crippen molar-refractivity contribution >= 4 is 16.0 Å². The molecule has 0 aromatic heterocycles. The molecule has 0 atom stereocenters. The molecule has 1 N–H and O–H groups in total. The van der Waals surface area contributed by atoms with Crippen LogP contribution in [0.1, 0.15) is 38.5 Å². The third kappa shape index (κ3) is 7.33. The Kier molecular flexibility index (Phi) is 5.91. The number of nitrogens with one attached hydrogen (secondary N) is 1. The number of carbonyl (C=O) groups excluding carboxylic acids is 1. The molecule has 1 fully saturated rings. The van der Waals surface area contributed by atoms with E-state index in [1.165, 1.54) is 20.0 Å². The van der Waals surface area contributed by atoms with E-state index in [9.17, 15) is 13.2 Å². The van der Waals surface area contributed by atoms with Crippen molar-refractivity contribution < 1.29 is 17.9 Å². The summed E-state index contributed by atoms with van der Waals surface area (Å²) >= 11 is 0. The normalized spacial score (nSPS) is 15.8. The first kappa shape index (κ1) is 14.4. The summed E-state index contributed by atoms with van der Waals surface area (Å²) < 4.78 is 30.0. The van der Waals surface area contributed by atoms with Gasteiger partial charge in [-0.3, -0.25) is 4.79 Å². The minimum Gasteiger partial charge on any atom is -0.469 e. The fourth-order valence-electron chi connectivity index (χ4n) is 1.61. The Morgan fingerprint density at radius 1 is 1.35 bits per heavy atom. The van der Waals surface area contributed by atoms with Gasteiger partial charge in [0.05, 0.1) is 12.9 Å². The topological polar surface area (TPSA) is 72.5 Å². The highest BCUT2D eigenvalue weighted by Crippen LogP contribution is 2.33. The molecule has 0 unspecified atom stereocenters. The molecule has 17 heavy (non-hydrogen) atoms. The molecule has 0 aromatic carbocycles. The second-order valence-electron chi connectivity index (χ2n) is 4.48. The Bertz CT molecular complexity index is 335. The van der Waals surface area contributed by atoms with Crippen LogP contribution in [0, 0.1) is 5.92 Å². The van der Waals surface area contributed by atoms with Crippen LogP contribution in [0.4, 0.5) is 0 Å². The standard InChI is InChI=1S/C11H21NO4S/c1-16-11(13)5-3-9-17(14,15)12-8-2-4-10-6-7-10/h10,12H,2-9H2,1H3. The molecule has 1 rings (SSSR count). The zero-order chi connectivity index (χ0) is 12.7. The molecule has 0 heterocycles. The van der Waals surface area contributed by atoms with E-state index in [0.717, 1.165) is 18.8 Å². The molecule has 0 amide bonds. The van der Waals surface area contributed by atoms with Crippen LogP contribution in [0.3, 0.4) is 0 Å². The van der Waals surface area contributed by atoms with Crippen LogP contribution in [0.5, 0.6) is 0 Å². The van der Waals surface area contributed by atoms with Crippen LogP contribution in [0.25, 0.3) is 0 Å². The summed E-state index contributed by atoms with van der Waals surface area (Å²) in [6.07, 6.45) is 5.08. The summed E-state index contributed by atoms with van der Waals surface area (Å²) in [5.74, 6) is 0.457. The molecular weight excluding hydrogens is 242 g/mol. The van der Waals surface area contributed by atoms with E-state index >= 15 is 0 Å². The summed E-state index contributed by atoms with van der Waals surface area (Å²) in [6, 6.07) is 0. The molecule has 5 nitrogen and oxygen atoms in total. The molecule has 1 aliphatic carbocycles. The van der Waals surface area contributed by atoms with E-state index in [-0.39, 0.29) is 18.1 Å². The van der Waals surface area contributed by atoms with Gasteiger partial charge >= 0.3 is 5.97 Å². The highest BCUT2D eigenvalue weighted by molar-refractivity contribution is 7.89. The number of hydrogen-bond acceptors (Lipinski definition) is 4. The maximum Gasteiger partial charge on any atom is 0.305 e. The van der Waals surface area contributed by atoms with Crippen molar-refractivity contribution in [2.24, 2.45) is 5.92 Å². The molecule has 0 radical (unpaired) electrons. The molecule has 0 aromatic rings. The summed E-state index contributed by atoms with van der Waals surface area (Å²) in [4.78, 5) is 10.8. The van der Waals surface area contributed by atoms with Gasteiger partial charge in [0.1, 0.15) is 0 Å². The first-order valence-corrected chi connectivity index (χ1v) is 7.73. The Hall–Kier alpha value is -0.620. The number of hydrogen-bond donors (Lipinski definition) is 1. The second kappa shape index (κ2) is 6.96. The Morgan fingerprint density at radius 2 is 2.06 bits per heavy atom. The van der Waals surface area contributed by atoms with Crippen LogP contribution in [0.15, 0.2) is 0 Å². The first-order chi connectivity index (χ1) is 8.03.